The van der Waals surface area contributed by atoms with Gasteiger partial charge in [0, 0.05) is 31.1 Å². The SMILES string of the molecule is CCCN1CCN(S(=O)(=O)c2ccc(C#N)cc2)C[C@@H]1c1cc2cnn(-c3ccc(F)cc3)c2cc1C. The number of sulfonamides is 1. The van der Waals surface area contributed by atoms with Crippen molar-refractivity contribution in [3.63, 3.8) is 0 Å². The maximum absolute atomic E-state index is 13.5. The highest BCUT2D eigenvalue weighted by Crippen LogP contribution is 2.33. The van der Waals surface area contributed by atoms with E-state index in [1.807, 2.05) is 13.0 Å². The van der Waals surface area contributed by atoms with Crippen molar-refractivity contribution >= 4 is 20.9 Å². The minimum Gasteiger partial charge on any atom is -0.294 e. The lowest BCUT2D eigenvalue weighted by Gasteiger charge is -2.41. The quantitative estimate of drug-likeness (QED) is 0.367. The van der Waals surface area contributed by atoms with Crippen molar-refractivity contribution in [1.29, 1.82) is 5.26 Å². The number of hydrogen-bond donors (Lipinski definition) is 0. The molecule has 0 bridgehead atoms. The van der Waals surface area contributed by atoms with Crippen LogP contribution in [-0.2, 0) is 10.0 Å². The van der Waals surface area contributed by atoms with Gasteiger partial charge in [-0.15, -0.1) is 0 Å². The molecular weight excluding hydrogens is 489 g/mol. The van der Waals surface area contributed by atoms with E-state index >= 15 is 0 Å². The fraction of sp³-hybridized carbons (Fsp3) is 0.286. The first-order valence-electron chi connectivity index (χ1n) is 12.3. The van der Waals surface area contributed by atoms with Gasteiger partial charge < -0.3 is 0 Å². The lowest BCUT2D eigenvalue weighted by atomic mass is 9.96. The van der Waals surface area contributed by atoms with Crippen LogP contribution in [0.2, 0.25) is 0 Å². The van der Waals surface area contributed by atoms with E-state index in [4.69, 9.17) is 5.26 Å². The Bertz CT molecular complexity index is 1570. The van der Waals surface area contributed by atoms with Crippen LogP contribution in [0.15, 0.2) is 71.8 Å². The molecule has 1 aromatic heterocycles. The molecule has 7 nitrogen and oxygen atoms in total. The smallest absolute Gasteiger partial charge is 0.243 e. The van der Waals surface area contributed by atoms with Crippen molar-refractivity contribution in [2.24, 2.45) is 0 Å². The third-order valence-corrected chi connectivity index (χ3v) is 8.85. The van der Waals surface area contributed by atoms with Crippen LogP contribution in [0.25, 0.3) is 16.6 Å². The Morgan fingerprint density at radius 1 is 1.08 bits per heavy atom. The number of hydrogen-bond acceptors (Lipinski definition) is 5. The molecule has 1 fully saturated rings. The number of nitrogens with zero attached hydrogens (tertiary/aromatic N) is 5. The molecule has 9 heteroatoms. The van der Waals surface area contributed by atoms with E-state index < -0.39 is 10.0 Å². The second kappa shape index (κ2) is 10.1. The summed E-state index contributed by atoms with van der Waals surface area (Å²) < 4.78 is 43.8. The van der Waals surface area contributed by atoms with Gasteiger partial charge in [0.15, 0.2) is 0 Å². The molecule has 0 spiro atoms. The zero-order chi connectivity index (χ0) is 26.2. The van der Waals surface area contributed by atoms with Gasteiger partial charge in [-0.2, -0.15) is 14.7 Å². The first-order chi connectivity index (χ1) is 17.8. The number of nitriles is 1. The van der Waals surface area contributed by atoms with Crippen molar-refractivity contribution in [2.45, 2.75) is 31.2 Å². The summed E-state index contributed by atoms with van der Waals surface area (Å²) in [5.74, 6) is -0.299. The molecule has 0 amide bonds. The van der Waals surface area contributed by atoms with Gasteiger partial charge in [-0.3, -0.25) is 4.90 Å². The van der Waals surface area contributed by atoms with Gasteiger partial charge in [-0.1, -0.05) is 6.92 Å². The second-order valence-corrected chi connectivity index (χ2v) is 11.3. The van der Waals surface area contributed by atoms with E-state index in [2.05, 4.69) is 29.1 Å². The van der Waals surface area contributed by atoms with E-state index in [1.54, 1.807) is 27.3 Å². The predicted molar refractivity (Wildman–Crippen MR) is 140 cm³/mol. The molecule has 0 saturated carbocycles. The van der Waals surface area contributed by atoms with Crippen LogP contribution in [0.5, 0.6) is 0 Å². The summed E-state index contributed by atoms with van der Waals surface area (Å²) in [5, 5.41) is 14.5. The van der Waals surface area contributed by atoms with E-state index in [0.29, 0.717) is 25.2 Å². The van der Waals surface area contributed by atoms with Gasteiger partial charge in [-0.05, 0) is 91.7 Å². The standard InChI is InChI=1S/C28H28FN5O2S/c1-3-12-32-13-14-33(37(35,36)25-10-4-21(17-30)5-11-25)19-28(32)26-16-22-18-31-34(27(22)15-20(26)2)24-8-6-23(29)7-9-24/h4-11,15-16,18,28H,3,12-14,19H2,1-2H3/t28-/m1/s1. The van der Waals surface area contributed by atoms with Crippen LogP contribution in [0.3, 0.4) is 0 Å². The van der Waals surface area contributed by atoms with Crippen LogP contribution in [0.1, 0.15) is 36.1 Å². The van der Waals surface area contributed by atoms with E-state index in [0.717, 1.165) is 40.7 Å². The van der Waals surface area contributed by atoms with Crippen molar-refractivity contribution in [3.8, 4) is 11.8 Å². The maximum atomic E-state index is 13.5. The Morgan fingerprint density at radius 2 is 1.81 bits per heavy atom. The molecule has 0 aliphatic carbocycles. The molecule has 0 N–H and O–H groups in total. The summed E-state index contributed by atoms with van der Waals surface area (Å²) >= 11 is 0. The molecule has 0 radical (unpaired) electrons. The molecule has 1 saturated heterocycles. The fourth-order valence-corrected chi connectivity index (χ4v) is 6.49. The molecule has 1 aliphatic rings. The van der Waals surface area contributed by atoms with E-state index in [-0.39, 0.29) is 16.8 Å². The number of benzene rings is 3. The number of aromatic nitrogens is 2. The number of piperazine rings is 1. The molecule has 1 atom stereocenters. The lowest BCUT2D eigenvalue weighted by Crippen LogP contribution is -2.50. The number of rotatable bonds is 6. The summed E-state index contributed by atoms with van der Waals surface area (Å²) in [7, 11) is -3.71. The molecule has 3 aromatic carbocycles. The zero-order valence-corrected chi connectivity index (χ0v) is 21.6. The van der Waals surface area contributed by atoms with E-state index in [1.165, 1.54) is 36.4 Å². The van der Waals surface area contributed by atoms with Crippen molar-refractivity contribution in [2.75, 3.05) is 26.2 Å². The van der Waals surface area contributed by atoms with Crippen LogP contribution in [0.4, 0.5) is 4.39 Å². The van der Waals surface area contributed by atoms with Crippen molar-refractivity contribution < 1.29 is 12.8 Å². The summed E-state index contributed by atoms with van der Waals surface area (Å²) in [6.07, 6.45) is 2.75. The van der Waals surface area contributed by atoms with Gasteiger partial charge in [0.25, 0.3) is 0 Å². The molecule has 4 aromatic rings. The number of aryl methyl sites for hydroxylation is 1. The molecule has 2 heterocycles. The first kappa shape index (κ1) is 25.1. The van der Waals surface area contributed by atoms with Crippen LogP contribution >= 0.6 is 0 Å². The average molecular weight is 518 g/mol. The maximum Gasteiger partial charge on any atom is 0.243 e. The second-order valence-electron chi connectivity index (χ2n) is 9.35. The average Bonchev–Trinajstić information content (AvgIpc) is 3.31. The summed E-state index contributed by atoms with van der Waals surface area (Å²) in [6.45, 7) is 6.39. The largest absolute Gasteiger partial charge is 0.294 e. The van der Waals surface area contributed by atoms with Crippen molar-refractivity contribution in [3.05, 3.63) is 89.4 Å². The Hall–Kier alpha value is -3.58. The van der Waals surface area contributed by atoms with E-state index in [9.17, 15) is 12.8 Å². The molecule has 1 aliphatic heterocycles. The van der Waals surface area contributed by atoms with Crippen molar-refractivity contribution in [1.82, 2.24) is 19.0 Å². The van der Waals surface area contributed by atoms with Crippen LogP contribution in [0, 0.1) is 24.1 Å². The Kier molecular flexibility index (Phi) is 6.82. The number of fused-ring (bicyclic) bond motifs is 1. The highest BCUT2D eigenvalue weighted by atomic mass is 32.2. The topological polar surface area (TPSA) is 82.2 Å². The van der Waals surface area contributed by atoms with Crippen LogP contribution < -0.4 is 0 Å². The van der Waals surface area contributed by atoms with Gasteiger partial charge in [0.05, 0.1) is 33.9 Å². The van der Waals surface area contributed by atoms with Gasteiger partial charge in [0.2, 0.25) is 10.0 Å². The predicted octanol–water partition coefficient (Wildman–Crippen LogP) is 4.80. The third-order valence-electron chi connectivity index (χ3n) is 6.97. The summed E-state index contributed by atoms with van der Waals surface area (Å²) in [5.41, 5.74) is 4.22. The highest BCUT2D eigenvalue weighted by molar-refractivity contribution is 7.89. The summed E-state index contributed by atoms with van der Waals surface area (Å²) in [4.78, 5) is 2.55. The van der Waals surface area contributed by atoms with Gasteiger partial charge in [0.1, 0.15) is 5.82 Å². The summed E-state index contributed by atoms with van der Waals surface area (Å²) in [6, 6.07) is 18.4. The molecule has 5 rings (SSSR count). The minimum absolute atomic E-state index is 0.111. The monoisotopic (exact) mass is 517 g/mol. The normalized spacial score (nSPS) is 17.2. The highest BCUT2D eigenvalue weighted by Gasteiger charge is 2.35. The Morgan fingerprint density at radius 3 is 2.49 bits per heavy atom. The van der Waals surface area contributed by atoms with Gasteiger partial charge in [-0.25, -0.2) is 17.5 Å². The third kappa shape index (κ3) is 4.76. The lowest BCUT2D eigenvalue weighted by molar-refractivity contribution is 0.118. The number of halogens is 1. The Balaban J connectivity index is 1.50. The minimum atomic E-state index is -3.71. The van der Waals surface area contributed by atoms with Gasteiger partial charge >= 0.3 is 0 Å². The first-order valence-corrected chi connectivity index (χ1v) is 13.7. The molecular formula is C28H28FN5O2S. The molecule has 37 heavy (non-hydrogen) atoms. The Labute approximate surface area is 216 Å². The zero-order valence-electron chi connectivity index (χ0n) is 20.8. The fourth-order valence-electron chi connectivity index (χ4n) is 5.06. The van der Waals surface area contributed by atoms with Crippen LogP contribution in [-0.4, -0.2) is 53.6 Å². The molecule has 190 valence electrons. The molecule has 0 unspecified atom stereocenters.